The fourth-order valence-electron chi connectivity index (χ4n) is 1.78. The smallest absolute Gasteiger partial charge is 0.172 e. The average Bonchev–Trinajstić information content (AvgIpc) is 2.76. The van der Waals surface area contributed by atoms with E-state index in [4.69, 9.17) is 9.47 Å². The predicted octanol–water partition coefficient (Wildman–Crippen LogP) is 3.55. The first-order valence-electron chi connectivity index (χ1n) is 6.42. The summed E-state index contributed by atoms with van der Waals surface area (Å²) in [6.45, 7) is 6.76. The van der Waals surface area contributed by atoms with Gasteiger partial charge in [0.2, 0.25) is 0 Å². The topological polar surface area (TPSA) is 48.4 Å². The van der Waals surface area contributed by atoms with Crippen molar-refractivity contribution in [2.45, 2.75) is 27.4 Å². The molecule has 0 fully saturated rings. The molecule has 5 heteroatoms. The minimum atomic E-state index is 0.338. The van der Waals surface area contributed by atoms with Crippen LogP contribution in [0.5, 0.6) is 11.5 Å². The van der Waals surface area contributed by atoms with Crippen molar-refractivity contribution in [2.75, 3.05) is 6.61 Å². The first-order chi connectivity index (χ1) is 9.65. The van der Waals surface area contributed by atoms with Crippen molar-refractivity contribution in [1.82, 2.24) is 4.98 Å². The molecule has 0 unspecified atom stereocenters. The van der Waals surface area contributed by atoms with Crippen LogP contribution in [0.1, 0.15) is 32.9 Å². The lowest BCUT2D eigenvalue weighted by molar-refractivity contribution is 0.111. The molecule has 0 radical (unpaired) electrons. The standard InChI is InChI=1S/C15H17NO3S/c1-4-18-13-7-5-6-12(8-17)15(13)19-9-14-16-10(2)11(3)20-14/h5-8H,4,9H2,1-3H3. The van der Waals surface area contributed by atoms with Gasteiger partial charge in [0, 0.05) is 4.88 Å². The maximum absolute atomic E-state index is 11.1. The Kier molecular flexibility index (Phi) is 4.74. The van der Waals surface area contributed by atoms with Crippen molar-refractivity contribution in [1.29, 1.82) is 0 Å². The molecule has 0 aliphatic rings. The van der Waals surface area contributed by atoms with Gasteiger partial charge in [0.1, 0.15) is 11.6 Å². The molecule has 1 heterocycles. The molecule has 0 aliphatic carbocycles. The maximum atomic E-state index is 11.1. The average molecular weight is 291 g/mol. The van der Waals surface area contributed by atoms with Crippen molar-refractivity contribution >= 4 is 17.6 Å². The van der Waals surface area contributed by atoms with Crippen LogP contribution in [0.15, 0.2) is 18.2 Å². The molecule has 0 amide bonds. The van der Waals surface area contributed by atoms with E-state index < -0.39 is 0 Å². The van der Waals surface area contributed by atoms with Crippen LogP contribution in [0.3, 0.4) is 0 Å². The molecule has 2 aromatic rings. The summed E-state index contributed by atoms with van der Waals surface area (Å²) in [6.07, 6.45) is 0.774. The van der Waals surface area contributed by atoms with Crippen molar-refractivity contribution in [2.24, 2.45) is 0 Å². The molecular weight excluding hydrogens is 274 g/mol. The fourth-order valence-corrected chi connectivity index (χ4v) is 2.63. The van der Waals surface area contributed by atoms with Gasteiger partial charge < -0.3 is 9.47 Å². The van der Waals surface area contributed by atoms with E-state index in [0.29, 0.717) is 30.3 Å². The second kappa shape index (κ2) is 6.52. The van der Waals surface area contributed by atoms with E-state index in [2.05, 4.69) is 4.98 Å². The second-order valence-corrected chi connectivity index (χ2v) is 5.55. The number of aryl methyl sites for hydroxylation is 2. The molecule has 106 valence electrons. The lowest BCUT2D eigenvalue weighted by Crippen LogP contribution is -2.02. The number of benzene rings is 1. The number of aldehydes is 1. The first kappa shape index (κ1) is 14.5. The Hall–Kier alpha value is -1.88. The molecule has 1 aromatic carbocycles. The summed E-state index contributed by atoms with van der Waals surface area (Å²) < 4.78 is 11.3. The van der Waals surface area contributed by atoms with E-state index in [-0.39, 0.29) is 0 Å². The summed E-state index contributed by atoms with van der Waals surface area (Å²) in [5.74, 6) is 1.07. The maximum Gasteiger partial charge on any atom is 0.172 e. The van der Waals surface area contributed by atoms with Gasteiger partial charge in [-0.1, -0.05) is 6.07 Å². The Balaban J connectivity index is 2.20. The molecule has 1 aromatic heterocycles. The number of ether oxygens (including phenoxy) is 2. The highest BCUT2D eigenvalue weighted by molar-refractivity contribution is 7.11. The molecule has 20 heavy (non-hydrogen) atoms. The van der Waals surface area contributed by atoms with Crippen molar-refractivity contribution in [3.63, 3.8) is 0 Å². The lowest BCUT2D eigenvalue weighted by Gasteiger charge is -2.12. The van der Waals surface area contributed by atoms with E-state index in [9.17, 15) is 4.79 Å². The van der Waals surface area contributed by atoms with Gasteiger partial charge >= 0.3 is 0 Å². The zero-order valence-corrected chi connectivity index (χ0v) is 12.6. The molecule has 0 spiro atoms. The molecule has 0 atom stereocenters. The molecule has 0 N–H and O–H groups in total. The highest BCUT2D eigenvalue weighted by atomic mass is 32.1. The minimum Gasteiger partial charge on any atom is -0.490 e. The number of rotatable bonds is 6. The number of thiazole rings is 1. The highest BCUT2D eigenvalue weighted by Gasteiger charge is 2.12. The quantitative estimate of drug-likeness (QED) is 0.764. The van der Waals surface area contributed by atoms with E-state index in [1.807, 2.05) is 20.8 Å². The van der Waals surface area contributed by atoms with Gasteiger partial charge in [-0.3, -0.25) is 4.79 Å². The normalized spacial score (nSPS) is 10.3. The third-order valence-corrected chi connectivity index (χ3v) is 3.90. The van der Waals surface area contributed by atoms with Gasteiger partial charge in [0.15, 0.2) is 17.8 Å². The number of carbonyl (C=O) groups excluding carboxylic acids is 1. The SMILES string of the molecule is CCOc1cccc(C=O)c1OCc1nc(C)c(C)s1. The largest absolute Gasteiger partial charge is 0.490 e. The lowest BCUT2D eigenvalue weighted by atomic mass is 10.2. The van der Waals surface area contributed by atoms with Crippen molar-refractivity contribution in [3.8, 4) is 11.5 Å². The van der Waals surface area contributed by atoms with Crippen LogP contribution in [0.2, 0.25) is 0 Å². The second-order valence-electron chi connectivity index (χ2n) is 4.26. The number of hydrogen-bond acceptors (Lipinski definition) is 5. The van der Waals surface area contributed by atoms with Gasteiger partial charge in [-0.15, -0.1) is 11.3 Å². The summed E-state index contributed by atoms with van der Waals surface area (Å²) in [5, 5.41) is 0.892. The predicted molar refractivity (Wildman–Crippen MR) is 78.9 cm³/mol. The van der Waals surface area contributed by atoms with Crippen molar-refractivity contribution in [3.05, 3.63) is 39.3 Å². The summed E-state index contributed by atoms with van der Waals surface area (Å²) in [4.78, 5) is 16.7. The zero-order valence-electron chi connectivity index (χ0n) is 11.8. The van der Waals surface area contributed by atoms with Crippen LogP contribution < -0.4 is 9.47 Å². The molecule has 4 nitrogen and oxygen atoms in total. The molecule has 0 bridgehead atoms. The Bertz CT molecular complexity index is 588. The van der Waals surface area contributed by atoms with Gasteiger partial charge in [-0.2, -0.15) is 0 Å². The van der Waals surface area contributed by atoms with E-state index >= 15 is 0 Å². The number of hydrogen-bond donors (Lipinski definition) is 0. The molecule has 0 saturated heterocycles. The Morgan fingerprint density at radius 3 is 2.70 bits per heavy atom. The minimum absolute atomic E-state index is 0.338. The third-order valence-electron chi connectivity index (χ3n) is 2.85. The summed E-state index contributed by atoms with van der Waals surface area (Å²) in [5.41, 5.74) is 1.50. The summed E-state index contributed by atoms with van der Waals surface area (Å²) in [7, 11) is 0. The molecule has 2 rings (SSSR count). The highest BCUT2D eigenvalue weighted by Crippen LogP contribution is 2.31. The van der Waals surface area contributed by atoms with Gasteiger partial charge in [0.05, 0.1) is 17.9 Å². The summed E-state index contributed by atoms with van der Waals surface area (Å²) >= 11 is 1.60. The molecular formula is C15H17NO3S. The van der Waals surface area contributed by atoms with Gasteiger partial charge in [-0.05, 0) is 32.9 Å². The van der Waals surface area contributed by atoms with Crippen LogP contribution in [0.25, 0.3) is 0 Å². The van der Waals surface area contributed by atoms with Crippen molar-refractivity contribution < 1.29 is 14.3 Å². The first-order valence-corrected chi connectivity index (χ1v) is 7.24. The molecule has 0 aliphatic heterocycles. The van der Waals surface area contributed by atoms with Crippen LogP contribution in [-0.4, -0.2) is 17.9 Å². The number of para-hydroxylation sites is 1. The fraction of sp³-hybridized carbons (Fsp3) is 0.333. The van der Waals surface area contributed by atoms with Gasteiger partial charge in [-0.25, -0.2) is 4.98 Å². The van der Waals surface area contributed by atoms with Crippen LogP contribution in [0, 0.1) is 13.8 Å². The van der Waals surface area contributed by atoms with Crippen LogP contribution in [0.4, 0.5) is 0 Å². The zero-order chi connectivity index (χ0) is 14.5. The number of carbonyl (C=O) groups is 1. The van der Waals surface area contributed by atoms with Gasteiger partial charge in [0.25, 0.3) is 0 Å². The third kappa shape index (κ3) is 3.17. The van der Waals surface area contributed by atoms with E-state index in [0.717, 1.165) is 17.0 Å². The van der Waals surface area contributed by atoms with E-state index in [1.54, 1.807) is 29.5 Å². The Morgan fingerprint density at radius 1 is 1.30 bits per heavy atom. The molecule has 0 saturated carbocycles. The monoisotopic (exact) mass is 291 g/mol. The number of nitrogens with zero attached hydrogens (tertiary/aromatic N) is 1. The van der Waals surface area contributed by atoms with Crippen LogP contribution in [-0.2, 0) is 6.61 Å². The Labute approximate surface area is 122 Å². The number of aromatic nitrogens is 1. The van der Waals surface area contributed by atoms with Crippen LogP contribution >= 0.6 is 11.3 Å². The summed E-state index contributed by atoms with van der Waals surface area (Å²) in [6, 6.07) is 5.28. The van der Waals surface area contributed by atoms with E-state index in [1.165, 1.54) is 4.88 Å². The Morgan fingerprint density at radius 2 is 2.10 bits per heavy atom.